The number of hydrogen-bond donors (Lipinski definition) is 0. The SMILES string of the molecule is N#CC(=Cc1ccc(C=C(C#N)c2ccc(C(F)(F)F)cc2)cc1)c1ccc(C(F)(F)F)cc1. The summed E-state index contributed by atoms with van der Waals surface area (Å²) in [4.78, 5) is 0. The average Bonchev–Trinajstić information content (AvgIpc) is 2.81. The normalized spacial score (nSPS) is 12.7. The van der Waals surface area contributed by atoms with E-state index in [2.05, 4.69) is 0 Å². The Morgan fingerprint density at radius 1 is 0.529 bits per heavy atom. The number of nitriles is 2. The molecule has 0 amide bonds. The van der Waals surface area contributed by atoms with Gasteiger partial charge in [-0.2, -0.15) is 36.9 Å². The van der Waals surface area contributed by atoms with Gasteiger partial charge in [0.1, 0.15) is 0 Å². The van der Waals surface area contributed by atoms with Crippen LogP contribution in [0.1, 0.15) is 33.4 Å². The zero-order valence-corrected chi connectivity index (χ0v) is 17.2. The van der Waals surface area contributed by atoms with Gasteiger partial charge in [0.2, 0.25) is 0 Å². The molecule has 0 unspecified atom stereocenters. The summed E-state index contributed by atoms with van der Waals surface area (Å²) in [7, 11) is 0. The second kappa shape index (κ2) is 9.68. The number of allylic oxidation sites excluding steroid dienone is 2. The first-order valence-corrected chi connectivity index (χ1v) is 9.70. The molecule has 0 radical (unpaired) electrons. The maximum Gasteiger partial charge on any atom is 0.416 e. The van der Waals surface area contributed by atoms with Crippen LogP contribution in [0.25, 0.3) is 23.3 Å². The summed E-state index contributed by atoms with van der Waals surface area (Å²) in [6.07, 6.45) is -5.92. The summed E-state index contributed by atoms with van der Waals surface area (Å²) in [6, 6.07) is 19.0. The Morgan fingerprint density at radius 2 is 0.824 bits per heavy atom. The molecular formula is C26H14F6N2. The van der Waals surface area contributed by atoms with E-state index in [1.54, 1.807) is 24.3 Å². The molecule has 170 valence electrons. The van der Waals surface area contributed by atoms with Crippen LogP contribution in [0.3, 0.4) is 0 Å². The highest BCUT2D eigenvalue weighted by atomic mass is 19.4. The molecule has 0 aliphatic heterocycles. The van der Waals surface area contributed by atoms with Gasteiger partial charge in [-0.05, 0) is 58.7 Å². The molecule has 8 heteroatoms. The lowest BCUT2D eigenvalue weighted by atomic mass is 10.00. The highest BCUT2D eigenvalue weighted by Crippen LogP contribution is 2.31. The molecule has 0 aliphatic carbocycles. The fourth-order valence-electron chi connectivity index (χ4n) is 3.06. The van der Waals surface area contributed by atoms with Gasteiger partial charge < -0.3 is 0 Å². The van der Waals surface area contributed by atoms with Gasteiger partial charge in [-0.15, -0.1) is 0 Å². The largest absolute Gasteiger partial charge is 0.416 e. The van der Waals surface area contributed by atoms with Crippen molar-refractivity contribution in [3.8, 4) is 12.1 Å². The third kappa shape index (κ3) is 5.93. The number of rotatable bonds is 4. The van der Waals surface area contributed by atoms with Crippen molar-refractivity contribution in [3.05, 3.63) is 106 Å². The average molecular weight is 468 g/mol. The molecule has 0 fully saturated rings. The van der Waals surface area contributed by atoms with Crippen LogP contribution in [0, 0.1) is 22.7 Å². The summed E-state index contributed by atoms with van der Waals surface area (Å²) in [6.45, 7) is 0. The molecule has 0 aliphatic rings. The summed E-state index contributed by atoms with van der Waals surface area (Å²) in [5.74, 6) is 0. The van der Waals surface area contributed by atoms with E-state index in [0.29, 0.717) is 22.3 Å². The number of halogens is 6. The number of benzene rings is 3. The van der Waals surface area contributed by atoms with Crippen LogP contribution in [0.4, 0.5) is 26.3 Å². The lowest BCUT2D eigenvalue weighted by Crippen LogP contribution is -2.04. The zero-order chi connectivity index (χ0) is 24.9. The van der Waals surface area contributed by atoms with Crippen LogP contribution in [0.2, 0.25) is 0 Å². The molecule has 0 N–H and O–H groups in total. The molecule has 3 rings (SSSR count). The van der Waals surface area contributed by atoms with Crippen LogP contribution in [-0.4, -0.2) is 0 Å². The van der Waals surface area contributed by atoms with Crippen LogP contribution in [0.5, 0.6) is 0 Å². The van der Waals surface area contributed by atoms with Gasteiger partial charge in [0, 0.05) is 0 Å². The fraction of sp³-hybridized carbons (Fsp3) is 0.0769. The number of hydrogen-bond acceptors (Lipinski definition) is 2. The van der Waals surface area contributed by atoms with Gasteiger partial charge in [-0.1, -0.05) is 48.5 Å². The van der Waals surface area contributed by atoms with Crippen LogP contribution < -0.4 is 0 Å². The minimum absolute atomic E-state index is 0.166. The molecule has 3 aromatic rings. The van der Waals surface area contributed by atoms with Crippen LogP contribution in [-0.2, 0) is 12.4 Å². The Kier molecular flexibility index (Phi) is 6.93. The van der Waals surface area contributed by atoms with E-state index in [4.69, 9.17) is 0 Å². The first-order chi connectivity index (χ1) is 16.0. The van der Waals surface area contributed by atoms with E-state index in [-0.39, 0.29) is 11.1 Å². The second-order valence-corrected chi connectivity index (χ2v) is 7.16. The van der Waals surface area contributed by atoms with Crippen molar-refractivity contribution in [2.45, 2.75) is 12.4 Å². The van der Waals surface area contributed by atoms with Crippen molar-refractivity contribution in [1.29, 1.82) is 10.5 Å². The monoisotopic (exact) mass is 468 g/mol. The smallest absolute Gasteiger partial charge is 0.192 e. The highest BCUT2D eigenvalue weighted by Gasteiger charge is 2.30. The lowest BCUT2D eigenvalue weighted by Gasteiger charge is -2.07. The second-order valence-electron chi connectivity index (χ2n) is 7.16. The quantitative estimate of drug-likeness (QED) is 0.222. The fourth-order valence-corrected chi connectivity index (χ4v) is 3.06. The summed E-state index contributed by atoms with van der Waals surface area (Å²) >= 11 is 0. The van der Waals surface area contributed by atoms with E-state index in [9.17, 15) is 36.9 Å². The first-order valence-electron chi connectivity index (χ1n) is 9.70. The van der Waals surface area contributed by atoms with Crippen molar-refractivity contribution >= 4 is 23.3 Å². The van der Waals surface area contributed by atoms with E-state index >= 15 is 0 Å². The Balaban J connectivity index is 1.83. The standard InChI is InChI=1S/C26H14F6N2/c27-25(28,29)23-9-5-19(6-10-23)21(15-33)13-17-1-2-18(4-3-17)14-22(16-34)20-7-11-24(12-8-20)26(30,31)32/h1-14H. The summed E-state index contributed by atoms with van der Waals surface area (Å²) in [5, 5.41) is 18.8. The maximum atomic E-state index is 12.7. The van der Waals surface area contributed by atoms with Crippen molar-refractivity contribution in [3.63, 3.8) is 0 Å². The summed E-state index contributed by atoms with van der Waals surface area (Å²) in [5.41, 5.74) is 0.557. The van der Waals surface area contributed by atoms with Crippen molar-refractivity contribution in [1.82, 2.24) is 0 Å². The van der Waals surface area contributed by atoms with Gasteiger partial charge in [0.25, 0.3) is 0 Å². The van der Waals surface area contributed by atoms with Crippen molar-refractivity contribution in [2.24, 2.45) is 0 Å². The van der Waals surface area contributed by atoms with Gasteiger partial charge in [0.05, 0.1) is 34.4 Å². The number of alkyl halides is 6. The maximum absolute atomic E-state index is 12.7. The first kappa shape index (κ1) is 24.3. The molecule has 2 nitrogen and oxygen atoms in total. The van der Waals surface area contributed by atoms with E-state index in [1.807, 2.05) is 12.1 Å². The third-order valence-corrected chi connectivity index (χ3v) is 4.85. The Morgan fingerprint density at radius 3 is 1.06 bits per heavy atom. The molecule has 3 aromatic carbocycles. The predicted octanol–water partition coefficient (Wildman–Crippen LogP) is 7.85. The molecule has 0 heterocycles. The molecule has 0 saturated heterocycles. The van der Waals surface area contributed by atoms with Crippen LogP contribution >= 0.6 is 0 Å². The molecule has 34 heavy (non-hydrogen) atoms. The molecule has 0 spiro atoms. The van der Waals surface area contributed by atoms with E-state index in [1.165, 1.54) is 36.4 Å². The Hall–Kier alpha value is -4.30. The summed E-state index contributed by atoms with van der Waals surface area (Å²) < 4.78 is 76.4. The van der Waals surface area contributed by atoms with E-state index < -0.39 is 23.5 Å². The van der Waals surface area contributed by atoms with Crippen LogP contribution in [0.15, 0.2) is 72.8 Å². The lowest BCUT2D eigenvalue weighted by molar-refractivity contribution is -0.138. The number of nitrogens with zero attached hydrogens (tertiary/aromatic N) is 2. The van der Waals surface area contributed by atoms with E-state index in [0.717, 1.165) is 24.3 Å². The van der Waals surface area contributed by atoms with Crippen molar-refractivity contribution in [2.75, 3.05) is 0 Å². The zero-order valence-electron chi connectivity index (χ0n) is 17.2. The van der Waals surface area contributed by atoms with Gasteiger partial charge in [-0.25, -0.2) is 0 Å². The highest BCUT2D eigenvalue weighted by molar-refractivity contribution is 5.91. The Bertz CT molecular complexity index is 1190. The predicted molar refractivity (Wildman–Crippen MR) is 116 cm³/mol. The minimum Gasteiger partial charge on any atom is -0.192 e. The van der Waals surface area contributed by atoms with Gasteiger partial charge in [-0.3, -0.25) is 0 Å². The van der Waals surface area contributed by atoms with Crippen molar-refractivity contribution < 1.29 is 26.3 Å². The molecule has 0 bridgehead atoms. The Labute approximate surface area is 191 Å². The molecule has 0 saturated carbocycles. The van der Waals surface area contributed by atoms with Gasteiger partial charge in [0.15, 0.2) is 0 Å². The molecule has 0 atom stereocenters. The third-order valence-electron chi connectivity index (χ3n) is 4.85. The molecule has 0 aromatic heterocycles. The minimum atomic E-state index is -4.47. The topological polar surface area (TPSA) is 47.6 Å². The molecular weight excluding hydrogens is 454 g/mol. The van der Waals surface area contributed by atoms with Gasteiger partial charge >= 0.3 is 12.4 Å².